The number of hydrogen-bond donors (Lipinski definition) is 7. The number of unbranched alkanes of at least 4 members (excludes halogenated alkanes) is 13. The van der Waals surface area contributed by atoms with Gasteiger partial charge in [0.2, 0.25) is 0 Å². The van der Waals surface area contributed by atoms with Crippen molar-refractivity contribution in [1.82, 2.24) is 0 Å². The van der Waals surface area contributed by atoms with Crippen LogP contribution in [0.5, 0.6) is 0 Å². The third-order valence-electron chi connectivity index (χ3n) is 12.4. The number of rotatable bonds is 41. The minimum Gasteiger partial charge on any atom is -0.462 e. The fraction of sp³-hybridized carbons (Fsp3) is 0.719. The molecule has 7 N–H and O–H groups in total. The fourth-order valence-electron chi connectivity index (χ4n) is 7.92. The molecule has 0 amide bonds. The Balaban J connectivity index is 1.81. The van der Waals surface area contributed by atoms with Crippen molar-refractivity contribution >= 4 is 11.9 Å². The number of aliphatic hydroxyl groups excluding tert-OH is 7. The van der Waals surface area contributed by atoms with E-state index >= 15 is 0 Å². The Hall–Kier alpha value is -3.32. The van der Waals surface area contributed by atoms with Gasteiger partial charge in [-0.1, -0.05) is 150 Å². The fourth-order valence-corrected chi connectivity index (χ4v) is 7.92. The smallest absolute Gasteiger partial charge is 0.306 e. The predicted molar refractivity (Wildman–Crippen MR) is 279 cm³/mol. The summed E-state index contributed by atoms with van der Waals surface area (Å²) in [5, 5.41) is 72.2. The van der Waals surface area contributed by atoms with Gasteiger partial charge in [0.25, 0.3) is 0 Å². The lowest BCUT2D eigenvalue weighted by Gasteiger charge is -2.42. The molecular formula is C57H94O15. The van der Waals surface area contributed by atoms with Gasteiger partial charge in [-0.25, -0.2) is 0 Å². The Morgan fingerprint density at radius 1 is 0.458 bits per heavy atom. The molecule has 0 aliphatic carbocycles. The second kappa shape index (κ2) is 43.0. The highest BCUT2D eigenvalue weighted by Gasteiger charge is 2.47. The quantitative estimate of drug-likeness (QED) is 0.0173. The summed E-state index contributed by atoms with van der Waals surface area (Å²) in [4.78, 5) is 25.8. The number of ether oxygens (including phenoxy) is 6. The van der Waals surface area contributed by atoms with E-state index in [0.29, 0.717) is 12.8 Å². The zero-order chi connectivity index (χ0) is 52.4. The SMILES string of the molecule is CC/C=C\C/C=C\C/C=C\C/C=C\C/C=C\CCCCCC(=O)OC(COC(=O)CCCCCCCCC/C=C\C/C=C\CCCCC)COC1OC(COC2OC(CO)C(O)C(O)C2O)C(O)C(O)C1O. The van der Waals surface area contributed by atoms with Crippen LogP contribution < -0.4 is 0 Å². The third-order valence-corrected chi connectivity index (χ3v) is 12.4. The molecule has 412 valence electrons. The van der Waals surface area contributed by atoms with Crippen molar-refractivity contribution in [3.63, 3.8) is 0 Å². The molecule has 72 heavy (non-hydrogen) atoms. The van der Waals surface area contributed by atoms with Crippen molar-refractivity contribution in [2.24, 2.45) is 0 Å². The molecule has 11 atom stereocenters. The molecule has 2 aliphatic rings. The molecule has 0 radical (unpaired) electrons. The van der Waals surface area contributed by atoms with Crippen molar-refractivity contribution in [3.8, 4) is 0 Å². The lowest BCUT2D eigenvalue weighted by atomic mass is 9.98. The molecule has 2 saturated heterocycles. The van der Waals surface area contributed by atoms with Gasteiger partial charge in [0.15, 0.2) is 18.7 Å². The molecule has 2 fully saturated rings. The minimum absolute atomic E-state index is 0.120. The largest absolute Gasteiger partial charge is 0.462 e. The Morgan fingerprint density at radius 3 is 1.39 bits per heavy atom. The number of esters is 2. The molecule has 0 aromatic rings. The second-order valence-corrected chi connectivity index (χ2v) is 18.7. The van der Waals surface area contributed by atoms with Crippen LogP contribution in [0.3, 0.4) is 0 Å². The van der Waals surface area contributed by atoms with Gasteiger partial charge in [-0.2, -0.15) is 0 Å². The first-order valence-electron chi connectivity index (χ1n) is 27.2. The zero-order valence-corrected chi connectivity index (χ0v) is 43.6. The molecular weight excluding hydrogens is 925 g/mol. The van der Waals surface area contributed by atoms with E-state index in [1.807, 2.05) is 0 Å². The summed E-state index contributed by atoms with van der Waals surface area (Å²) in [5.74, 6) is -0.978. The topological polar surface area (TPSA) is 231 Å². The average molecular weight is 1020 g/mol. The standard InChI is InChI=1S/C57H94O15/c1-3-5-7-9-11-13-15-17-19-21-22-24-26-28-30-32-34-36-38-40-49(60)70-45(42-67-48(59)39-37-35-33-31-29-27-25-23-20-18-16-14-12-10-8-6-4-2)43-68-56-55(66)53(64)51(62)47(72-56)44-69-57-54(65)52(63)50(61)46(41-58)71-57/h5,7,11-14,17-20,22,24,28,30,45-47,50-58,61-66H,3-4,6,8-10,15-16,21,23,25-27,29,31-44H2,1-2H3/b7-5-,13-11-,14-12-,19-17-,20-18-,24-22-,30-28-. The van der Waals surface area contributed by atoms with Gasteiger partial charge in [-0.3, -0.25) is 9.59 Å². The van der Waals surface area contributed by atoms with E-state index in [2.05, 4.69) is 98.9 Å². The maximum atomic E-state index is 13.0. The van der Waals surface area contributed by atoms with Crippen LogP contribution in [0.25, 0.3) is 0 Å². The van der Waals surface area contributed by atoms with E-state index in [9.17, 15) is 45.3 Å². The molecule has 15 nitrogen and oxygen atoms in total. The number of allylic oxidation sites excluding steroid dienone is 14. The van der Waals surface area contributed by atoms with Crippen molar-refractivity contribution in [1.29, 1.82) is 0 Å². The van der Waals surface area contributed by atoms with Crippen molar-refractivity contribution in [2.75, 3.05) is 26.4 Å². The highest BCUT2D eigenvalue weighted by molar-refractivity contribution is 5.70. The van der Waals surface area contributed by atoms with E-state index in [4.69, 9.17) is 28.4 Å². The monoisotopic (exact) mass is 1020 g/mol. The molecule has 0 saturated carbocycles. The van der Waals surface area contributed by atoms with E-state index < -0.39 is 99.3 Å². The normalized spacial score (nSPS) is 25.7. The lowest BCUT2D eigenvalue weighted by Crippen LogP contribution is -2.61. The van der Waals surface area contributed by atoms with E-state index in [-0.39, 0.29) is 19.4 Å². The molecule has 0 aromatic carbocycles. The number of aliphatic hydroxyl groups is 7. The van der Waals surface area contributed by atoms with E-state index in [1.54, 1.807) is 0 Å². The van der Waals surface area contributed by atoms with Crippen LogP contribution in [-0.4, -0.2) is 142 Å². The third kappa shape index (κ3) is 30.1. The summed E-state index contributed by atoms with van der Waals surface area (Å²) in [7, 11) is 0. The first kappa shape index (κ1) is 64.8. The van der Waals surface area contributed by atoms with Gasteiger partial charge in [0.05, 0.1) is 19.8 Å². The van der Waals surface area contributed by atoms with Crippen molar-refractivity contribution in [3.05, 3.63) is 85.1 Å². The van der Waals surface area contributed by atoms with Crippen LogP contribution >= 0.6 is 0 Å². The van der Waals surface area contributed by atoms with Gasteiger partial charge in [-0.15, -0.1) is 0 Å². The molecule has 0 spiro atoms. The Kier molecular flexibility index (Phi) is 38.7. The first-order valence-corrected chi connectivity index (χ1v) is 27.2. The van der Waals surface area contributed by atoms with E-state index in [1.165, 1.54) is 38.5 Å². The van der Waals surface area contributed by atoms with Crippen LogP contribution in [0.4, 0.5) is 0 Å². The first-order chi connectivity index (χ1) is 35.0. The highest BCUT2D eigenvalue weighted by atomic mass is 16.7. The molecule has 11 unspecified atom stereocenters. The van der Waals surface area contributed by atoms with Gasteiger partial charge in [0, 0.05) is 12.8 Å². The summed E-state index contributed by atoms with van der Waals surface area (Å²) >= 11 is 0. The summed E-state index contributed by atoms with van der Waals surface area (Å²) in [6, 6.07) is 0. The summed E-state index contributed by atoms with van der Waals surface area (Å²) < 4.78 is 33.6. The Morgan fingerprint density at radius 2 is 0.875 bits per heavy atom. The molecule has 0 aromatic heterocycles. The van der Waals surface area contributed by atoms with Gasteiger partial charge < -0.3 is 64.2 Å². The summed E-state index contributed by atoms with van der Waals surface area (Å²) in [6.45, 7) is 2.40. The molecule has 2 rings (SSSR count). The predicted octanol–water partition coefficient (Wildman–Crippen LogP) is 8.38. The average Bonchev–Trinajstić information content (AvgIpc) is 3.37. The van der Waals surface area contributed by atoms with Crippen LogP contribution in [0, 0.1) is 0 Å². The van der Waals surface area contributed by atoms with Crippen LogP contribution in [0.15, 0.2) is 85.1 Å². The number of carbonyl (C=O) groups is 2. The zero-order valence-electron chi connectivity index (χ0n) is 43.6. The maximum Gasteiger partial charge on any atom is 0.306 e. The van der Waals surface area contributed by atoms with Gasteiger partial charge in [-0.05, 0) is 89.9 Å². The molecule has 2 heterocycles. The minimum atomic E-state index is -1.78. The Labute approximate surface area is 431 Å². The van der Waals surface area contributed by atoms with Crippen LogP contribution in [0.2, 0.25) is 0 Å². The summed E-state index contributed by atoms with van der Waals surface area (Å²) in [5.41, 5.74) is 0. The van der Waals surface area contributed by atoms with Crippen molar-refractivity contribution < 1.29 is 73.8 Å². The maximum absolute atomic E-state index is 13.0. The number of hydrogen-bond acceptors (Lipinski definition) is 15. The summed E-state index contributed by atoms with van der Waals surface area (Å²) in [6.07, 6.45) is 36.0. The molecule has 15 heteroatoms. The van der Waals surface area contributed by atoms with E-state index in [0.717, 1.165) is 89.9 Å². The van der Waals surface area contributed by atoms with Crippen molar-refractivity contribution in [2.45, 2.75) is 235 Å². The number of carbonyl (C=O) groups excluding carboxylic acids is 2. The molecule has 0 bridgehead atoms. The Bertz CT molecular complexity index is 1570. The van der Waals surface area contributed by atoms with Crippen LogP contribution in [-0.2, 0) is 38.0 Å². The van der Waals surface area contributed by atoms with Gasteiger partial charge >= 0.3 is 11.9 Å². The van der Waals surface area contributed by atoms with Crippen LogP contribution in [0.1, 0.15) is 168 Å². The highest BCUT2D eigenvalue weighted by Crippen LogP contribution is 2.26. The second-order valence-electron chi connectivity index (χ2n) is 18.7. The molecule has 2 aliphatic heterocycles. The lowest BCUT2D eigenvalue weighted by molar-refractivity contribution is -0.332. The van der Waals surface area contributed by atoms with Gasteiger partial charge in [0.1, 0.15) is 55.4 Å².